The summed E-state index contributed by atoms with van der Waals surface area (Å²) >= 11 is 0. The number of aryl methyl sites for hydroxylation is 1. The van der Waals surface area contributed by atoms with Crippen LogP contribution in [-0.2, 0) is 7.05 Å². The molecule has 6 nitrogen and oxygen atoms in total. The molecule has 0 unspecified atom stereocenters. The molecule has 1 aromatic heterocycles. The first kappa shape index (κ1) is 14.8. The van der Waals surface area contributed by atoms with Crippen molar-refractivity contribution in [2.45, 2.75) is 26.2 Å². The van der Waals surface area contributed by atoms with Crippen molar-refractivity contribution in [2.75, 3.05) is 31.9 Å². The second-order valence-electron chi connectivity index (χ2n) is 5.74. The lowest BCUT2D eigenvalue weighted by Crippen LogP contribution is -2.35. The molecular formula is C14H25N5O. The Hall–Kier alpha value is -1.56. The number of rotatable bonds is 5. The van der Waals surface area contributed by atoms with Gasteiger partial charge in [-0.1, -0.05) is 6.92 Å². The first-order valence-corrected chi connectivity index (χ1v) is 7.36. The Balaban J connectivity index is 1.66. The highest BCUT2D eigenvalue weighted by Crippen LogP contribution is 2.15. The van der Waals surface area contributed by atoms with Crippen molar-refractivity contribution in [1.82, 2.24) is 20.0 Å². The van der Waals surface area contributed by atoms with Crippen molar-refractivity contribution in [3.8, 4) is 0 Å². The van der Waals surface area contributed by atoms with Crippen molar-refractivity contribution in [1.29, 1.82) is 0 Å². The number of piperidine rings is 1. The Morgan fingerprint density at radius 1 is 1.50 bits per heavy atom. The number of nitrogens with one attached hydrogen (secondary N) is 1. The van der Waals surface area contributed by atoms with E-state index in [1.807, 2.05) is 0 Å². The molecule has 3 N–H and O–H groups in total. The number of hydrogen-bond acceptors (Lipinski definition) is 4. The summed E-state index contributed by atoms with van der Waals surface area (Å²) in [5, 5.41) is 6.94. The molecule has 0 spiro atoms. The second-order valence-corrected chi connectivity index (χ2v) is 5.74. The van der Waals surface area contributed by atoms with E-state index in [1.54, 1.807) is 17.9 Å². The second kappa shape index (κ2) is 6.74. The lowest BCUT2D eigenvalue weighted by atomic mass is 9.99. The maximum atomic E-state index is 11.9. The van der Waals surface area contributed by atoms with E-state index in [-0.39, 0.29) is 5.91 Å². The number of anilines is 1. The number of nitrogen functional groups attached to an aromatic ring is 1. The average Bonchev–Trinajstić information content (AvgIpc) is 2.75. The van der Waals surface area contributed by atoms with Crippen LogP contribution in [0.1, 0.15) is 36.7 Å². The lowest BCUT2D eigenvalue weighted by molar-refractivity contribution is 0.0946. The molecule has 1 fully saturated rings. The Bertz CT molecular complexity index is 448. The van der Waals surface area contributed by atoms with Gasteiger partial charge < -0.3 is 16.0 Å². The molecule has 2 heterocycles. The van der Waals surface area contributed by atoms with Gasteiger partial charge in [-0.3, -0.25) is 9.48 Å². The molecule has 0 atom stereocenters. The first-order valence-electron chi connectivity index (χ1n) is 7.36. The van der Waals surface area contributed by atoms with Crippen molar-refractivity contribution in [3.63, 3.8) is 0 Å². The topological polar surface area (TPSA) is 76.2 Å². The third kappa shape index (κ3) is 3.96. The standard InChI is InChI=1S/C14H25N5O/c1-11-4-8-19(9-5-11)7-3-6-16-14(20)13-12(15)10-18(2)17-13/h10-11H,3-9,15H2,1-2H3,(H,16,20). The fourth-order valence-electron chi connectivity index (χ4n) is 2.56. The summed E-state index contributed by atoms with van der Waals surface area (Å²) in [4.78, 5) is 14.4. The molecule has 20 heavy (non-hydrogen) atoms. The van der Waals surface area contributed by atoms with Crippen molar-refractivity contribution >= 4 is 11.6 Å². The van der Waals surface area contributed by atoms with Crippen LogP contribution in [0.3, 0.4) is 0 Å². The predicted molar refractivity (Wildman–Crippen MR) is 79.4 cm³/mol. The van der Waals surface area contributed by atoms with Gasteiger partial charge in [0, 0.05) is 19.8 Å². The highest BCUT2D eigenvalue weighted by atomic mass is 16.1. The molecule has 0 aliphatic carbocycles. The molecule has 1 saturated heterocycles. The number of carbonyl (C=O) groups is 1. The quantitative estimate of drug-likeness (QED) is 0.784. The van der Waals surface area contributed by atoms with Crippen molar-refractivity contribution in [2.24, 2.45) is 13.0 Å². The van der Waals surface area contributed by atoms with Crippen LogP contribution in [0, 0.1) is 5.92 Å². The van der Waals surface area contributed by atoms with Gasteiger partial charge in [0.05, 0.1) is 5.69 Å². The smallest absolute Gasteiger partial charge is 0.273 e. The van der Waals surface area contributed by atoms with Gasteiger partial charge >= 0.3 is 0 Å². The molecule has 1 aromatic rings. The summed E-state index contributed by atoms with van der Waals surface area (Å²) in [5.74, 6) is 0.674. The van der Waals surface area contributed by atoms with Gasteiger partial charge in [-0.05, 0) is 44.8 Å². The van der Waals surface area contributed by atoms with E-state index in [9.17, 15) is 4.79 Å². The number of carbonyl (C=O) groups excluding carboxylic acids is 1. The molecule has 0 aromatic carbocycles. The number of likely N-dealkylation sites (tertiary alicyclic amines) is 1. The summed E-state index contributed by atoms with van der Waals surface area (Å²) in [6.07, 6.45) is 5.18. The van der Waals surface area contributed by atoms with Gasteiger partial charge in [-0.15, -0.1) is 0 Å². The van der Waals surface area contributed by atoms with Crippen molar-refractivity contribution in [3.05, 3.63) is 11.9 Å². The van der Waals surface area contributed by atoms with E-state index in [4.69, 9.17) is 5.73 Å². The monoisotopic (exact) mass is 279 g/mol. The molecule has 0 radical (unpaired) electrons. The normalized spacial score (nSPS) is 17.3. The Labute approximate surface area is 120 Å². The van der Waals surface area contributed by atoms with Crippen LogP contribution in [0.15, 0.2) is 6.20 Å². The van der Waals surface area contributed by atoms with Gasteiger partial charge in [-0.2, -0.15) is 5.10 Å². The highest BCUT2D eigenvalue weighted by molar-refractivity contribution is 5.96. The number of amides is 1. The van der Waals surface area contributed by atoms with Crippen LogP contribution in [0.2, 0.25) is 0 Å². The predicted octanol–water partition coefficient (Wildman–Crippen LogP) is 0.854. The molecular weight excluding hydrogens is 254 g/mol. The minimum Gasteiger partial charge on any atom is -0.396 e. The van der Waals surface area contributed by atoms with E-state index in [2.05, 4.69) is 22.2 Å². The zero-order valence-corrected chi connectivity index (χ0v) is 12.4. The average molecular weight is 279 g/mol. The summed E-state index contributed by atoms with van der Waals surface area (Å²) in [7, 11) is 1.75. The maximum absolute atomic E-state index is 11.9. The van der Waals surface area contributed by atoms with Crippen LogP contribution >= 0.6 is 0 Å². The minimum atomic E-state index is -0.185. The number of aromatic nitrogens is 2. The number of nitrogens with two attached hydrogens (primary N) is 1. The van der Waals surface area contributed by atoms with Crippen LogP contribution in [0.25, 0.3) is 0 Å². The molecule has 0 bridgehead atoms. The van der Waals surface area contributed by atoms with Gasteiger partial charge in [-0.25, -0.2) is 0 Å². The third-order valence-electron chi connectivity index (χ3n) is 3.89. The van der Waals surface area contributed by atoms with E-state index >= 15 is 0 Å². The molecule has 112 valence electrons. The largest absolute Gasteiger partial charge is 0.396 e. The number of hydrogen-bond donors (Lipinski definition) is 2. The fraction of sp³-hybridized carbons (Fsp3) is 0.714. The Kier molecular flexibility index (Phi) is 5.00. The lowest BCUT2D eigenvalue weighted by Gasteiger charge is -2.30. The first-order chi connectivity index (χ1) is 9.56. The Morgan fingerprint density at radius 3 is 2.80 bits per heavy atom. The van der Waals surface area contributed by atoms with Gasteiger partial charge in [0.25, 0.3) is 5.91 Å². The zero-order chi connectivity index (χ0) is 14.5. The zero-order valence-electron chi connectivity index (χ0n) is 12.4. The summed E-state index contributed by atoms with van der Waals surface area (Å²) in [6.45, 7) is 6.39. The summed E-state index contributed by atoms with van der Waals surface area (Å²) in [5.41, 5.74) is 6.47. The Morgan fingerprint density at radius 2 is 2.20 bits per heavy atom. The van der Waals surface area contributed by atoms with Gasteiger partial charge in [0.15, 0.2) is 5.69 Å². The van der Waals surface area contributed by atoms with E-state index in [0.29, 0.717) is 17.9 Å². The summed E-state index contributed by atoms with van der Waals surface area (Å²) in [6, 6.07) is 0. The van der Waals surface area contributed by atoms with E-state index in [1.165, 1.54) is 25.9 Å². The molecule has 2 rings (SSSR count). The number of nitrogens with zero attached hydrogens (tertiary/aromatic N) is 3. The van der Waals surface area contributed by atoms with Crippen LogP contribution in [-0.4, -0.2) is 46.8 Å². The third-order valence-corrected chi connectivity index (χ3v) is 3.89. The molecule has 1 amide bonds. The molecule has 6 heteroatoms. The van der Waals surface area contributed by atoms with Crippen LogP contribution in [0.4, 0.5) is 5.69 Å². The van der Waals surface area contributed by atoms with Gasteiger partial charge in [0.2, 0.25) is 0 Å². The fourth-order valence-corrected chi connectivity index (χ4v) is 2.56. The highest BCUT2D eigenvalue weighted by Gasteiger charge is 2.16. The van der Waals surface area contributed by atoms with Crippen LogP contribution < -0.4 is 11.1 Å². The van der Waals surface area contributed by atoms with E-state index < -0.39 is 0 Å². The van der Waals surface area contributed by atoms with Crippen LogP contribution in [0.5, 0.6) is 0 Å². The van der Waals surface area contributed by atoms with Gasteiger partial charge in [0.1, 0.15) is 0 Å². The minimum absolute atomic E-state index is 0.185. The van der Waals surface area contributed by atoms with E-state index in [0.717, 1.165) is 18.9 Å². The SMILES string of the molecule is CC1CCN(CCCNC(=O)c2nn(C)cc2N)CC1. The molecule has 1 aliphatic heterocycles. The molecule has 1 aliphatic rings. The van der Waals surface area contributed by atoms with Crippen molar-refractivity contribution < 1.29 is 4.79 Å². The molecule has 0 saturated carbocycles. The summed E-state index contributed by atoms with van der Waals surface area (Å²) < 4.78 is 1.55. The maximum Gasteiger partial charge on any atom is 0.273 e.